The molecule has 5 rings (SSSR count). The number of benzene rings is 2. The van der Waals surface area contributed by atoms with Gasteiger partial charge in [-0.05, 0) is 55.7 Å². The molecule has 1 saturated carbocycles. The number of amides is 2. The van der Waals surface area contributed by atoms with Gasteiger partial charge in [-0.3, -0.25) is 9.59 Å². The number of fused-ring (bicyclic) bond motifs is 1. The van der Waals surface area contributed by atoms with E-state index in [9.17, 15) is 9.59 Å². The number of nitrogens with one attached hydrogen (secondary N) is 1. The number of hydrogen-bond donors (Lipinski definition) is 1. The fraction of sp³-hybridized carbons (Fsp3) is 0.286. The smallest absolute Gasteiger partial charge is 0.255 e. The lowest BCUT2D eigenvalue weighted by Crippen LogP contribution is -2.24. The molecule has 1 aliphatic heterocycles. The zero-order valence-corrected chi connectivity index (χ0v) is 14.8. The lowest BCUT2D eigenvalue weighted by atomic mass is 10.1. The first-order chi connectivity index (χ1) is 13.2. The molecule has 3 aromatic rings. The third kappa shape index (κ3) is 3.07. The van der Waals surface area contributed by atoms with Crippen molar-refractivity contribution < 1.29 is 14.0 Å². The molecular weight excluding hydrogens is 342 g/mol. The van der Waals surface area contributed by atoms with Gasteiger partial charge in [0.25, 0.3) is 5.91 Å². The quantitative estimate of drug-likeness (QED) is 0.760. The van der Waals surface area contributed by atoms with E-state index in [0.29, 0.717) is 30.1 Å². The molecule has 1 saturated heterocycles. The molecule has 136 valence electrons. The monoisotopic (exact) mass is 361 g/mol. The highest BCUT2D eigenvalue weighted by atomic mass is 16.3. The summed E-state index contributed by atoms with van der Waals surface area (Å²) >= 11 is 0. The Morgan fingerprint density at radius 2 is 2.07 bits per heavy atom. The van der Waals surface area contributed by atoms with Crippen molar-refractivity contribution in [1.29, 1.82) is 0 Å². The van der Waals surface area contributed by atoms with Crippen molar-refractivity contribution in [3.05, 3.63) is 53.9 Å². The fourth-order valence-corrected chi connectivity index (χ4v) is 3.47. The topological polar surface area (TPSA) is 75.4 Å². The van der Waals surface area contributed by atoms with E-state index in [1.807, 2.05) is 24.3 Å². The van der Waals surface area contributed by atoms with Gasteiger partial charge >= 0.3 is 0 Å². The highest BCUT2D eigenvalue weighted by molar-refractivity contribution is 6.06. The van der Waals surface area contributed by atoms with Crippen LogP contribution in [0.3, 0.4) is 0 Å². The molecule has 6 nitrogen and oxygen atoms in total. The molecule has 2 aliphatic rings. The Morgan fingerprint density at radius 1 is 1.19 bits per heavy atom. The van der Waals surface area contributed by atoms with Crippen LogP contribution in [0.4, 0.5) is 11.4 Å². The first-order valence-corrected chi connectivity index (χ1v) is 9.30. The lowest BCUT2D eigenvalue weighted by Gasteiger charge is -2.16. The largest absolute Gasteiger partial charge is 0.440 e. The lowest BCUT2D eigenvalue weighted by molar-refractivity contribution is -0.117. The van der Waals surface area contributed by atoms with Crippen molar-refractivity contribution in [1.82, 2.24) is 4.98 Å². The minimum absolute atomic E-state index is 0.107. The van der Waals surface area contributed by atoms with E-state index < -0.39 is 0 Å². The van der Waals surface area contributed by atoms with Crippen LogP contribution < -0.4 is 10.2 Å². The van der Waals surface area contributed by atoms with Crippen LogP contribution in [0.5, 0.6) is 0 Å². The van der Waals surface area contributed by atoms with Crippen LogP contribution in [0.2, 0.25) is 0 Å². The number of hydrogen-bond acceptors (Lipinski definition) is 4. The predicted molar refractivity (Wildman–Crippen MR) is 102 cm³/mol. The summed E-state index contributed by atoms with van der Waals surface area (Å²) in [6.45, 7) is 0.704. The maximum Gasteiger partial charge on any atom is 0.255 e. The molecular formula is C21H19N3O3. The second-order valence-electron chi connectivity index (χ2n) is 7.16. The predicted octanol–water partition coefficient (Wildman–Crippen LogP) is 4.08. The van der Waals surface area contributed by atoms with Gasteiger partial charge in [0.15, 0.2) is 11.5 Å². The van der Waals surface area contributed by atoms with Crippen molar-refractivity contribution in [2.24, 2.45) is 0 Å². The van der Waals surface area contributed by atoms with Gasteiger partial charge in [-0.25, -0.2) is 4.98 Å². The Bertz CT molecular complexity index is 1050. The van der Waals surface area contributed by atoms with E-state index in [-0.39, 0.29) is 11.8 Å². The first kappa shape index (κ1) is 16.1. The molecule has 1 aromatic heterocycles. The van der Waals surface area contributed by atoms with Crippen LogP contribution in [0, 0.1) is 0 Å². The average Bonchev–Trinajstić information content (AvgIpc) is 3.30. The number of aromatic nitrogens is 1. The standard InChI is InChI=1S/C21H19N3O3/c25-19-5-2-10-24(19)16-4-1-3-14(11-16)20(26)22-15-8-9-18-17(12-15)23-21(27-18)13-6-7-13/h1,3-4,8-9,11-13H,2,5-7,10H2,(H,22,26). The number of oxazole rings is 1. The van der Waals surface area contributed by atoms with Crippen LogP contribution in [0.25, 0.3) is 11.1 Å². The summed E-state index contributed by atoms with van der Waals surface area (Å²) in [5.41, 5.74) is 3.46. The van der Waals surface area contributed by atoms with Gasteiger partial charge in [0, 0.05) is 35.8 Å². The molecule has 0 bridgehead atoms. The van der Waals surface area contributed by atoms with Crippen LogP contribution in [0.15, 0.2) is 46.9 Å². The zero-order valence-electron chi connectivity index (χ0n) is 14.8. The van der Waals surface area contributed by atoms with Gasteiger partial charge in [0.2, 0.25) is 5.91 Å². The summed E-state index contributed by atoms with van der Waals surface area (Å²) in [5.74, 6) is 1.13. The molecule has 0 spiro atoms. The number of rotatable bonds is 4. The van der Waals surface area contributed by atoms with Gasteiger partial charge in [-0.15, -0.1) is 0 Å². The van der Waals surface area contributed by atoms with Crippen molar-refractivity contribution >= 4 is 34.3 Å². The molecule has 2 heterocycles. The van der Waals surface area contributed by atoms with Gasteiger partial charge in [-0.1, -0.05) is 6.07 Å². The third-order valence-corrected chi connectivity index (χ3v) is 5.08. The molecule has 2 amide bonds. The van der Waals surface area contributed by atoms with E-state index in [1.54, 1.807) is 23.1 Å². The van der Waals surface area contributed by atoms with Gasteiger partial charge in [-0.2, -0.15) is 0 Å². The average molecular weight is 361 g/mol. The molecule has 0 unspecified atom stereocenters. The molecule has 2 aromatic carbocycles. The fourth-order valence-electron chi connectivity index (χ4n) is 3.47. The molecule has 6 heteroatoms. The third-order valence-electron chi connectivity index (χ3n) is 5.08. The molecule has 27 heavy (non-hydrogen) atoms. The Labute approximate surface area is 156 Å². The van der Waals surface area contributed by atoms with Crippen molar-refractivity contribution in [2.75, 3.05) is 16.8 Å². The van der Waals surface area contributed by atoms with E-state index in [1.165, 1.54) is 0 Å². The van der Waals surface area contributed by atoms with E-state index >= 15 is 0 Å². The highest BCUT2D eigenvalue weighted by Gasteiger charge is 2.29. The Morgan fingerprint density at radius 3 is 2.85 bits per heavy atom. The number of nitrogens with zero attached hydrogens (tertiary/aromatic N) is 2. The van der Waals surface area contributed by atoms with Crippen molar-refractivity contribution in [3.8, 4) is 0 Å². The van der Waals surface area contributed by atoms with Gasteiger partial charge < -0.3 is 14.6 Å². The molecule has 2 fully saturated rings. The molecule has 1 N–H and O–H groups in total. The normalized spacial score (nSPS) is 16.9. The van der Waals surface area contributed by atoms with Crippen LogP contribution >= 0.6 is 0 Å². The van der Waals surface area contributed by atoms with Crippen molar-refractivity contribution in [2.45, 2.75) is 31.6 Å². The van der Waals surface area contributed by atoms with Crippen LogP contribution in [0.1, 0.15) is 47.8 Å². The number of carbonyl (C=O) groups excluding carboxylic acids is 2. The van der Waals surface area contributed by atoms with Crippen LogP contribution in [-0.2, 0) is 4.79 Å². The second kappa shape index (κ2) is 6.23. The van der Waals surface area contributed by atoms with Crippen LogP contribution in [-0.4, -0.2) is 23.3 Å². The Hall–Kier alpha value is -3.15. The van der Waals surface area contributed by atoms with Crippen molar-refractivity contribution in [3.63, 3.8) is 0 Å². The maximum atomic E-state index is 12.7. The minimum atomic E-state index is -0.214. The Kier molecular flexibility index (Phi) is 3.70. The molecule has 1 aliphatic carbocycles. The van der Waals surface area contributed by atoms with E-state index in [4.69, 9.17) is 4.42 Å². The Balaban J connectivity index is 1.36. The van der Waals surface area contributed by atoms with Gasteiger partial charge in [0.05, 0.1) is 0 Å². The van der Waals surface area contributed by atoms with E-state index in [0.717, 1.165) is 41.9 Å². The first-order valence-electron chi connectivity index (χ1n) is 9.30. The summed E-state index contributed by atoms with van der Waals surface area (Å²) in [4.78, 5) is 30.9. The summed E-state index contributed by atoms with van der Waals surface area (Å²) in [7, 11) is 0. The summed E-state index contributed by atoms with van der Waals surface area (Å²) in [6, 6.07) is 12.7. The maximum absolute atomic E-state index is 12.7. The molecule has 0 atom stereocenters. The number of anilines is 2. The van der Waals surface area contributed by atoms with E-state index in [2.05, 4.69) is 10.3 Å². The highest BCUT2D eigenvalue weighted by Crippen LogP contribution is 2.40. The summed E-state index contributed by atoms with van der Waals surface area (Å²) in [6.07, 6.45) is 3.69. The minimum Gasteiger partial charge on any atom is -0.440 e. The van der Waals surface area contributed by atoms with Gasteiger partial charge in [0.1, 0.15) is 5.52 Å². The zero-order chi connectivity index (χ0) is 18.4. The summed E-state index contributed by atoms with van der Waals surface area (Å²) in [5, 5.41) is 2.91. The second-order valence-corrected chi connectivity index (χ2v) is 7.16. The summed E-state index contributed by atoms with van der Waals surface area (Å²) < 4.78 is 5.76. The number of carbonyl (C=O) groups is 2. The SMILES string of the molecule is O=C(Nc1ccc2oc(C3CC3)nc2c1)c1cccc(N2CCCC2=O)c1. The molecule has 0 radical (unpaired) electrons.